The fourth-order valence-electron chi connectivity index (χ4n) is 1.15. The Morgan fingerprint density at radius 1 is 1.41 bits per heavy atom. The highest BCUT2D eigenvalue weighted by Crippen LogP contribution is 2.22. The summed E-state index contributed by atoms with van der Waals surface area (Å²) in [6.45, 7) is 1.56. The number of nitrogen functional groups attached to an aromatic ring is 1. The Bertz CT molecular complexity index is 541. The molecular formula is C9H14N4O3S. The van der Waals surface area contributed by atoms with Gasteiger partial charge in [-0.25, -0.2) is 13.6 Å². The SMILES string of the molecule is CC(Nc1ccc(S(N)(=O)=O)cc1N)C(N)=O. The molecule has 94 valence electrons. The van der Waals surface area contributed by atoms with Crippen LogP contribution >= 0.6 is 0 Å². The van der Waals surface area contributed by atoms with Crippen LogP contribution < -0.4 is 21.9 Å². The van der Waals surface area contributed by atoms with Crippen LogP contribution in [0.1, 0.15) is 6.92 Å². The molecule has 0 aliphatic heterocycles. The summed E-state index contributed by atoms with van der Waals surface area (Å²) in [5.41, 5.74) is 11.3. The lowest BCUT2D eigenvalue weighted by Gasteiger charge is -2.14. The van der Waals surface area contributed by atoms with E-state index in [1.165, 1.54) is 18.2 Å². The number of amides is 1. The standard InChI is InChI=1S/C9H14N4O3S/c1-5(9(11)14)13-8-3-2-6(4-7(8)10)17(12,15)16/h2-5,13H,10H2,1H3,(H2,11,14)(H2,12,15,16). The molecule has 0 aliphatic rings. The minimum absolute atomic E-state index is 0.0905. The number of carbonyl (C=O) groups excluding carboxylic acids is 1. The number of rotatable bonds is 4. The second-order valence-electron chi connectivity index (χ2n) is 3.56. The number of nitrogens with two attached hydrogens (primary N) is 3. The Labute approximate surface area is 99.0 Å². The second kappa shape index (κ2) is 4.60. The van der Waals surface area contributed by atoms with Gasteiger partial charge >= 0.3 is 0 Å². The van der Waals surface area contributed by atoms with Crippen LogP contribution in [0.2, 0.25) is 0 Å². The van der Waals surface area contributed by atoms with Gasteiger partial charge in [0.25, 0.3) is 0 Å². The first-order valence-corrected chi connectivity index (χ1v) is 6.24. The number of primary amides is 1. The molecule has 1 aromatic carbocycles. The third-order valence-corrected chi connectivity index (χ3v) is 3.06. The Morgan fingerprint density at radius 2 is 2.00 bits per heavy atom. The van der Waals surface area contributed by atoms with Crippen molar-refractivity contribution in [1.82, 2.24) is 0 Å². The van der Waals surface area contributed by atoms with Gasteiger partial charge in [0, 0.05) is 0 Å². The molecule has 0 spiro atoms. The molecule has 1 amide bonds. The van der Waals surface area contributed by atoms with Gasteiger partial charge in [-0.15, -0.1) is 0 Å². The number of carbonyl (C=O) groups is 1. The zero-order chi connectivity index (χ0) is 13.2. The lowest BCUT2D eigenvalue weighted by molar-refractivity contribution is -0.118. The molecule has 17 heavy (non-hydrogen) atoms. The molecule has 1 rings (SSSR count). The van der Waals surface area contributed by atoms with Crippen molar-refractivity contribution >= 4 is 27.3 Å². The van der Waals surface area contributed by atoms with E-state index >= 15 is 0 Å². The summed E-state index contributed by atoms with van der Waals surface area (Å²) < 4.78 is 22.1. The van der Waals surface area contributed by atoms with E-state index in [9.17, 15) is 13.2 Å². The first-order chi connectivity index (χ1) is 7.71. The van der Waals surface area contributed by atoms with Crippen LogP contribution in [0.3, 0.4) is 0 Å². The van der Waals surface area contributed by atoms with Gasteiger partial charge in [-0.05, 0) is 25.1 Å². The molecule has 7 nitrogen and oxygen atoms in total. The van der Waals surface area contributed by atoms with Crippen molar-refractivity contribution in [3.63, 3.8) is 0 Å². The summed E-state index contributed by atoms with van der Waals surface area (Å²) in [5.74, 6) is -0.542. The first-order valence-electron chi connectivity index (χ1n) is 4.70. The summed E-state index contributed by atoms with van der Waals surface area (Å²) >= 11 is 0. The Kier molecular flexibility index (Phi) is 3.59. The molecule has 0 aliphatic carbocycles. The van der Waals surface area contributed by atoms with Gasteiger partial charge in [-0.3, -0.25) is 4.79 Å². The molecule has 0 heterocycles. The summed E-state index contributed by atoms with van der Waals surface area (Å²) in [4.78, 5) is 10.8. The molecule has 7 N–H and O–H groups in total. The van der Waals surface area contributed by atoms with Gasteiger partial charge in [-0.2, -0.15) is 0 Å². The van der Waals surface area contributed by atoms with Gasteiger partial charge in [0.2, 0.25) is 15.9 Å². The van der Waals surface area contributed by atoms with E-state index in [0.717, 1.165) is 0 Å². The maximum Gasteiger partial charge on any atom is 0.239 e. The predicted octanol–water partition coefficient (Wildman–Crippen LogP) is -0.798. The molecule has 0 bridgehead atoms. The second-order valence-corrected chi connectivity index (χ2v) is 5.12. The van der Waals surface area contributed by atoms with Gasteiger partial charge in [0.15, 0.2) is 0 Å². The largest absolute Gasteiger partial charge is 0.397 e. The van der Waals surface area contributed by atoms with Crippen LogP contribution in [-0.4, -0.2) is 20.4 Å². The molecule has 1 atom stereocenters. The number of sulfonamides is 1. The van der Waals surface area contributed by atoms with E-state index in [4.69, 9.17) is 16.6 Å². The fraction of sp³-hybridized carbons (Fsp3) is 0.222. The Morgan fingerprint density at radius 3 is 2.41 bits per heavy atom. The number of nitrogens with one attached hydrogen (secondary N) is 1. The van der Waals surface area contributed by atoms with Gasteiger partial charge in [0.1, 0.15) is 6.04 Å². The van der Waals surface area contributed by atoms with Gasteiger partial charge in [-0.1, -0.05) is 0 Å². The van der Waals surface area contributed by atoms with E-state index < -0.39 is 22.0 Å². The highest BCUT2D eigenvalue weighted by Gasteiger charge is 2.13. The van der Waals surface area contributed by atoms with Crippen LogP contribution in [0.4, 0.5) is 11.4 Å². The zero-order valence-electron chi connectivity index (χ0n) is 9.17. The maximum absolute atomic E-state index is 11.1. The summed E-state index contributed by atoms with van der Waals surface area (Å²) in [6, 6.07) is 3.32. The topological polar surface area (TPSA) is 141 Å². The van der Waals surface area contributed by atoms with Crippen LogP contribution in [-0.2, 0) is 14.8 Å². The van der Waals surface area contributed by atoms with Crippen LogP contribution in [0.5, 0.6) is 0 Å². The minimum atomic E-state index is -3.79. The van der Waals surface area contributed by atoms with Crippen LogP contribution in [0.25, 0.3) is 0 Å². The highest BCUT2D eigenvalue weighted by molar-refractivity contribution is 7.89. The molecule has 1 aromatic rings. The number of hydrogen-bond acceptors (Lipinski definition) is 5. The van der Waals surface area contributed by atoms with Crippen LogP contribution in [0, 0.1) is 0 Å². The average Bonchev–Trinajstić information content (AvgIpc) is 2.19. The molecular weight excluding hydrogens is 244 g/mol. The highest BCUT2D eigenvalue weighted by atomic mass is 32.2. The van der Waals surface area contributed by atoms with E-state index in [2.05, 4.69) is 5.32 Å². The molecule has 0 saturated carbocycles. The number of primary sulfonamides is 1. The van der Waals surface area contributed by atoms with E-state index in [-0.39, 0.29) is 10.6 Å². The summed E-state index contributed by atoms with van der Waals surface area (Å²) in [6.07, 6.45) is 0. The van der Waals surface area contributed by atoms with Crippen molar-refractivity contribution < 1.29 is 13.2 Å². The van der Waals surface area contributed by atoms with E-state index in [1.54, 1.807) is 6.92 Å². The lowest BCUT2D eigenvalue weighted by Crippen LogP contribution is -2.32. The number of anilines is 2. The molecule has 8 heteroatoms. The third kappa shape index (κ3) is 3.33. The normalized spacial score (nSPS) is 13.1. The molecule has 0 radical (unpaired) electrons. The third-order valence-electron chi connectivity index (χ3n) is 2.15. The smallest absolute Gasteiger partial charge is 0.239 e. The summed E-state index contributed by atoms with van der Waals surface area (Å²) in [5, 5.41) is 7.70. The predicted molar refractivity (Wildman–Crippen MR) is 64.5 cm³/mol. The Balaban J connectivity index is 3.03. The number of benzene rings is 1. The van der Waals surface area contributed by atoms with Crippen molar-refractivity contribution in [2.24, 2.45) is 10.9 Å². The van der Waals surface area contributed by atoms with Crippen molar-refractivity contribution in [2.45, 2.75) is 17.9 Å². The molecule has 0 saturated heterocycles. The van der Waals surface area contributed by atoms with E-state index in [0.29, 0.717) is 5.69 Å². The van der Waals surface area contributed by atoms with Crippen molar-refractivity contribution in [1.29, 1.82) is 0 Å². The average molecular weight is 258 g/mol. The lowest BCUT2D eigenvalue weighted by atomic mass is 10.2. The number of hydrogen-bond donors (Lipinski definition) is 4. The Hall–Kier alpha value is -1.80. The van der Waals surface area contributed by atoms with Gasteiger partial charge in [0.05, 0.1) is 16.3 Å². The van der Waals surface area contributed by atoms with Crippen molar-refractivity contribution in [3.05, 3.63) is 18.2 Å². The minimum Gasteiger partial charge on any atom is -0.397 e. The fourth-order valence-corrected chi connectivity index (χ4v) is 1.70. The molecule has 1 unspecified atom stereocenters. The first kappa shape index (κ1) is 13.3. The molecule has 0 aromatic heterocycles. The van der Waals surface area contributed by atoms with E-state index in [1.807, 2.05) is 0 Å². The quantitative estimate of drug-likeness (QED) is 0.523. The monoisotopic (exact) mass is 258 g/mol. The van der Waals surface area contributed by atoms with Gasteiger partial charge < -0.3 is 16.8 Å². The zero-order valence-corrected chi connectivity index (χ0v) is 9.99. The summed E-state index contributed by atoms with van der Waals surface area (Å²) in [7, 11) is -3.79. The molecule has 0 fully saturated rings. The maximum atomic E-state index is 11.1. The van der Waals surface area contributed by atoms with Crippen molar-refractivity contribution in [2.75, 3.05) is 11.1 Å². The van der Waals surface area contributed by atoms with Crippen LogP contribution in [0.15, 0.2) is 23.1 Å². The van der Waals surface area contributed by atoms with Crippen molar-refractivity contribution in [3.8, 4) is 0 Å².